The summed E-state index contributed by atoms with van der Waals surface area (Å²) in [5.41, 5.74) is 0.916. The molecular weight excluding hydrogens is 288 g/mol. The van der Waals surface area contributed by atoms with Crippen LogP contribution in [0.15, 0.2) is 18.2 Å². The first kappa shape index (κ1) is 17.6. The van der Waals surface area contributed by atoms with Crippen molar-refractivity contribution in [3.63, 3.8) is 0 Å². The molecule has 0 aliphatic rings. The minimum absolute atomic E-state index is 0.106. The van der Waals surface area contributed by atoms with Gasteiger partial charge in [0.05, 0.1) is 10.5 Å². The van der Waals surface area contributed by atoms with Crippen molar-refractivity contribution in [1.82, 2.24) is 5.32 Å². The highest BCUT2D eigenvalue weighted by molar-refractivity contribution is 5.75. The van der Waals surface area contributed by atoms with E-state index in [4.69, 9.17) is 4.74 Å². The summed E-state index contributed by atoms with van der Waals surface area (Å²) in [6, 6.07) is 4.52. The zero-order valence-corrected chi connectivity index (χ0v) is 12.9. The molecule has 7 heteroatoms. The van der Waals surface area contributed by atoms with E-state index in [0.717, 1.165) is 0 Å². The van der Waals surface area contributed by atoms with Crippen molar-refractivity contribution in [2.45, 2.75) is 46.3 Å². The Morgan fingerprint density at radius 2 is 2.00 bits per heavy atom. The maximum atomic E-state index is 11.4. The summed E-state index contributed by atoms with van der Waals surface area (Å²) in [7, 11) is 0. The molecule has 0 bridgehead atoms. The predicted molar refractivity (Wildman–Crippen MR) is 80.0 cm³/mol. The first-order chi connectivity index (χ1) is 10.4. The Morgan fingerprint density at radius 3 is 2.55 bits per heavy atom. The van der Waals surface area contributed by atoms with Crippen LogP contribution < -0.4 is 5.32 Å². The lowest BCUT2D eigenvalue weighted by molar-refractivity contribution is -0.386. The van der Waals surface area contributed by atoms with Crippen LogP contribution in [0.4, 0.5) is 5.69 Å². The van der Waals surface area contributed by atoms with E-state index in [0.29, 0.717) is 17.5 Å². The van der Waals surface area contributed by atoms with Gasteiger partial charge in [0.1, 0.15) is 6.10 Å². The Bertz CT molecular complexity index is 571. The van der Waals surface area contributed by atoms with Crippen molar-refractivity contribution in [3.8, 4) is 0 Å². The van der Waals surface area contributed by atoms with E-state index in [1.54, 1.807) is 32.9 Å². The van der Waals surface area contributed by atoms with Gasteiger partial charge in [-0.1, -0.05) is 19.9 Å². The molecule has 0 heterocycles. The highest BCUT2D eigenvalue weighted by Crippen LogP contribution is 2.28. The third-order valence-corrected chi connectivity index (χ3v) is 3.13. The molecule has 1 atom stereocenters. The molecular formula is C15H20N2O5. The van der Waals surface area contributed by atoms with Gasteiger partial charge in [0, 0.05) is 25.5 Å². The van der Waals surface area contributed by atoms with E-state index in [9.17, 15) is 19.7 Å². The van der Waals surface area contributed by atoms with Crippen LogP contribution in [0.1, 0.15) is 50.8 Å². The second-order valence-electron chi connectivity index (χ2n) is 4.77. The number of nitrogens with zero attached hydrogens (tertiary/aromatic N) is 1. The Balaban J connectivity index is 3.01. The van der Waals surface area contributed by atoms with Crippen LogP contribution >= 0.6 is 0 Å². The van der Waals surface area contributed by atoms with Gasteiger partial charge in [-0.3, -0.25) is 19.7 Å². The zero-order chi connectivity index (χ0) is 16.7. The minimum atomic E-state index is -0.727. The molecule has 1 rings (SSSR count). The molecule has 0 spiro atoms. The maximum absolute atomic E-state index is 11.4. The number of nitro groups is 1. The zero-order valence-electron chi connectivity index (χ0n) is 12.9. The normalized spacial score (nSPS) is 11.6. The number of carbonyl (C=O) groups is 2. The van der Waals surface area contributed by atoms with Gasteiger partial charge in [-0.05, 0) is 18.6 Å². The number of ether oxygens (including phenoxy) is 1. The van der Waals surface area contributed by atoms with Crippen LogP contribution in [0.5, 0.6) is 0 Å². The Labute approximate surface area is 128 Å². The van der Waals surface area contributed by atoms with Gasteiger partial charge in [-0.25, -0.2) is 0 Å². The standard InChI is InChI=1S/C15H20N2O5/c1-4-14(18)16-9-11-6-7-13(17(20)21)12(8-11)10(3)22-15(19)5-2/h6-8,10H,4-5,9H2,1-3H3,(H,16,18). The summed E-state index contributed by atoms with van der Waals surface area (Å²) < 4.78 is 5.15. The molecule has 7 nitrogen and oxygen atoms in total. The second kappa shape index (κ2) is 8.11. The van der Waals surface area contributed by atoms with Crippen molar-refractivity contribution in [2.75, 3.05) is 0 Å². The highest BCUT2D eigenvalue weighted by Gasteiger charge is 2.22. The van der Waals surface area contributed by atoms with E-state index in [-0.39, 0.29) is 24.6 Å². The highest BCUT2D eigenvalue weighted by atomic mass is 16.6. The lowest BCUT2D eigenvalue weighted by Gasteiger charge is -2.14. The maximum Gasteiger partial charge on any atom is 0.306 e. The first-order valence-corrected chi connectivity index (χ1v) is 7.12. The lowest BCUT2D eigenvalue weighted by atomic mass is 10.0. The number of nitro benzene ring substituents is 1. The van der Waals surface area contributed by atoms with Crippen molar-refractivity contribution in [3.05, 3.63) is 39.4 Å². The number of rotatable bonds is 7. The molecule has 1 aromatic rings. The fourth-order valence-electron chi connectivity index (χ4n) is 1.88. The summed E-state index contributed by atoms with van der Waals surface area (Å²) in [6.45, 7) is 5.25. The first-order valence-electron chi connectivity index (χ1n) is 7.12. The third kappa shape index (κ3) is 4.83. The Kier molecular flexibility index (Phi) is 6.49. The van der Waals surface area contributed by atoms with E-state index >= 15 is 0 Å². The molecule has 1 N–H and O–H groups in total. The van der Waals surface area contributed by atoms with Crippen molar-refractivity contribution in [1.29, 1.82) is 0 Å². The summed E-state index contributed by atoms with van der Waals surface area (Å²) in [4.78, 5) is 33.2. The van der Waals surface area contributed by atoms with Gasteiger partial charge in [-0.15, -0.1) is 0 Å². The van der Waals surface area contributed by atoms with Gasteiger partial charge in [0.2, 0.25) is 5.91 Å². The van der Waals surface area contributed by atoms with E-state index < -0.39 is 17.0 Å². The molecule has 22 heavy (non-hydrogen) atoms. The van der Waals surface area contributed by atoms with Crippen LogP contribution in [0.3, 0.4) is 0 Å². The lowest BCUT2D eigenvalue weighted by Crippen LogP contribution is -2.21. The molecule has 0 aliphatic carbocycles. The number of esters is 1. The van der Waals surface area contributed by atoms with Crippen LogP contribution in [-0.2, 0) is 20.9 Å². The fourth-order valence-corrected chi connectivity index (χ4v) is 1.88. The largest absolute Gasteiger partial charge is 0.458 e. The summed E-state index contributed by atoms with van der Waals surface area (Å²) in [6.07, 6.45) is -0.163. The van der Waals surface area contributed by atoms with Crippen LogP contribution in [0.2, 0.25) is 0 Å². The van der Waals surface area contributed by atoms with Crippen LogP contribution in [-0.4, -0.2) is 16.8 Å². The monoisotopic (exact) mass is 308 g/mol. The fraction of sp³-hybridized carbons (Fsp3) is 0.467. The van der Waals surface area contributed by atoms with Gasteiger partial charge in [-0.2, -0.15) is 0 Å². The van der Waals surface area contributed by atoms with E-state index in [1.807, 2.05) is 0 Å². The molecule has 0 radical (unpaired) electrons. The minimum Gasteiger partial charge on any atom is -0.458 e. The number of nitrogens with one attached hydrogen (secondary N) is 1. The molecule has 0 saturated heterocycles. The van der Waals surface area contributed by atoms with Crippen molar-refractivity contribution < 1.29 is 19.2 Å². The quantitative estimate of drug-likeness (QED) is 0.474. The number of hydrogen-bond donors (Lipinski definition) is 1. The van der Waals surface area contributed by atoms with Gasteiger partial charge in [0.15, 0.2) is 0 Å². The molecule has 1 amide bonds. The average Bonchev–Trinajstić information content (AvgIpc) is 2.51. The molecule has 120 valence electrons. The smallest absolute Gasteiger partial charge is 0.306 e. The number of amides is 1. The number of carbonyl (C=O) groups excluding carboxylic acids is 2. The molecule has 0 aromatic heterocycles. The predicted octanol–water partition coefficient (Wildman–Crippen LogP) is 2.64. The summed E-state index contributed by atoms with van der Waals surface area (Å²) in [5, 5.41) is 13.8. The topological polar surface area (TPSA) is 98.5 Å². The Morgan fingerprint density at radius 1 is 1.32 bits per heavy atom. The molecule has 0 saturated carbocycles. The summed E-state index contributed by atoms with van der Waals surface area (Å²) >= 11 is 0. The molecule has 0 fully saturated rings. The third-order valence-electron chi connectivity index (χ3n) is 3.13. The number of benzene rings is 1. The van der Waals surface area contributed by atoms with Crippen LogP contribution in [0, 0.1) is 10.1 Å². The van der Waals surface area contributed by atoms with Crippen molar-refractivity contribution >= 4 is 17.6 Å². The van der Waals surface area contributed by atoms with Crippen LogP contribution in [0.25, 0.3) is 0 Å². The molecule has 1 aromatic carbocycles. The molecule has 1 unspecified atom stereocenters. The molecule has 0 aliphatic heterocycles. The Hall–Kier alpha value is -2.44. The van der Waals surface area contributed by atoms with Gasteiger partial charge >= 0.3 is 5.97 Å². The number of hydrogen-bond acceptors (Lipinski definition) is 5. The second-order valence-corrected chi connectivity index (χ2v) is 4.77. The summed E-state index contributed by atoms with van der Waals surface area (Å²) in [5.74, 6) is -0.531. The SMILES string of the molecule is CCC(=O)NCc1ccc([N+](=O)[O-])c(C(C)OC(=O)CC)c1. The average molecular weight is 308 g/mol. The van der Waals surface area contributed by atoms with Gasteiger partial charge < -0.3 is 10.1 Å². The van der Waals surface area contributed by atoms with Crippen molar-refractivity contribution in [2.24, 2.45) is 0 Å². The van der Waals surface area contributed by atoms with Gasteiger partial charge in [0.25, 0.3) is 5.69 Å². The van der Waals surface area contributed by atoms with E-state index in [1.165, 1.54) is 6.07 Å². The van der Waals surface area contributed by atoms with E-state index in [2.05, 4.69) is 5.32 Å².